The van der Waals surface area contributed by atoms with E-state index in [2.05, 4.69) is 50.3 Å². The van der Waals surface area contributed by atoms with Crippen LogP contribution in [0.25, 0.3) is 0 Å². The first-order valence-corrected chi connectivity index (χ1v) is 33.6. The van der Waals surface area contributed by atoms with E-state index in [4.69, 9.17) is 18.9 Å². The van der Waals surface area contributed by atoms with Gasteiger partial charge in [0.25, 0.3) is 0 Å². The number of nitrogens with zero attached hydrogens (tertiary/aromatic N) is 1. The Kier molecular flexibility index (Phi) is 58.7. The molecule has 78 heavy (non-hydrogen) atoms. The fourth-order valence-electron chi connectivity index (χ4n) is 10.0. The van der Waals surface area contributed by atoms with Gasteiger partial charge < -0.3 is 33.3 Å². The molecule has 0 saturated heterocycles. The number of likely N-dealkylation sites (N-methyl/N-ethyl adjacent to an activating group) is 1. The Labute approximate surface area is 483 Å². The molecule has 0 aliphatic heterocycles. The molecular formula is C69H129NO8. The summed E-state index contributed by atoms with van der Waals surface area (Å²) in [6, 6.07) is 0. The Morgan fingerprint density at radius 1 is 0.397 bits per heavy atom. The van der Waals surface area contributed by atoms with Gasteiger partial charge in [0.05, 0.1) is 40.3 Å². The average molecular weight is 1100 g/mol. The van der Waals surface area contributed by atoms with Crippen molar-refractivity contribution in [1.29, 1.82) is 0 Å². The summed E-state index contributed by atoms with van der Waals surface area (Å²) in [4.78, 5) is 37.3. The highest BCUT2D eigenvalue weighted by molar-refractivity contribution is 5.70. The van der Waals surface area contributed by atoms with Crippen LogP contribution in [0.1, 0.15) is 328 Å². The molecule has 2 unspecified atom stereocenters. The number of allylic oxidation sites excluding steroid dienone is 6. The van der Waals surface area contributed by atoms with Crippen LogP contribution in [0.2, 0.25) is 0 Å². The van der Waals surface area contributed by atoms with E-state index in [9.17, 15) is 19.5 Å². The normalized spacial score (nSPS) is 12.9. The number of carboxylic acid groups (broad SMARTS) is 1. The molecule has 0 saturated carbocycles. The predicted octanol–water partition coefficient (Wildman–Crippen LogP) is 19.1. The maximum absolute atomic E-state index is 12.8. The first kappa shape index (κ1) is 75.5. The van der Waals surface area contributed by atoms with Gasteiger partial charge in [-0.1, -0.05) is 307 Å². The molecule has 0 aromatic heterocycles. The standard InChI is InChI=1S/C69H129NO8/c1-6-8-10-12-14-16-18-20-22-23-24-25-26-27-28-29-30-31-32-33-34-35-36-37-38-39-40-41-42-43-44-46-47-49-51-53-55-57-59-66(71)76-63-65(64-77-69(68(73)74)75-62-61-70(3,4)5)78-67(72)60-58-56-54-52-50-48-45-21-19-17-15-13-11-9-7-2/h9,11,15,17,21,45,65,69H,6-8,10,12-14,16,18-20,22-44,46-64H2,1-5H3/b11-9-,17-15-,45-21-. The van der Waals surface area contributed by atoms with E-state index in [1.807, 2.05) is 21.1 Å². The smallest absolute Gasteiger partial charge is 0.306 e. The third-order valence-electron chi connectivity index (χ3n) is 15.2. The first-order chi connectivity index (χ1) is 38.1. The lowest BCUT2D eigenvalue weighted by Crippen LogP contribution is -2.44. The van der Waals surface area contributed by atoms with Gasteiger partial charge in [0, 0.05) is 12.8 Å². The van der Waals surface area contributed by atoms with Crippen LogP contribution >= 0.6 is 0 Å². The third kappa shape index (κ3) is 61.1. The molecule has 2 atom stereocenters. The highest BCUT2D eigenvalue weighted by Crippen LogP contribution is 2.19. The van der Waals surface area contributed by atoms with Crippen molar-refractivity contribution in [3.05, 3.63) is 36.5 Å². The van der Waals surface area contributed by atoms with Crippen LogP contribution < -0.4 is 5.11 Å². The number of aliphatic carboxylic acids is 1. The highest BCUT2D eigenvalue weighted by Gasteiger charge is 2.22. The van der Waals surface area contributed by atoms with Crippen molar-refractivity contribution in [1.82, 2.24) is 0 Å². The molecule has 0 rings (SSSR count). The summed E-state index contributed by atoms with van der Waals surface area (Å²) < 4.78 is 22.7. The zero-order valence-corrected chi connectivity index (χ0v) is 52.3. The molecule has 0 aromatic rings. The number of carbonyl (C=O) groups is 3. The van der Waals surface area contributed by atoms with Gasteiger partial charge in [-0.3, -0.25) is 9.59 Å². The van der Waals surface area contributed by atoms with Crippen molar-refractivity contribution in [3.63, 3.8) is 0 Å². The number of carbonyl (C=O) groups excluding carboxylic acids is 3. The number of esters is 2. The van der Waals surface area contributed by atoms with Crippen molar-refractivity contribution in [2.75, 3.05) is 47.5 Å². The number of hydrogen-bond donors (Lipinski definition) is 0. The minimum Gasteiger partial charge on any atom is -0.545 e. The second-order valence-electron chi connectivity index (χ2n) is 24.1. The summed E-state index contributed by atoms with van der Waals surface area (Å²) in [5.41, 5.74) is 0. The summed E-state index contributed by atoms with van der Waals surface area (Å²) in [6.07, 6.45) is 72.6. The lowest BCUT2D eigenvalue weighted by Gasteiger charge is -2.26. The molecule has 458 valence electrons. The molecule has 0 aromatic carbocycles. The molecule has 0 aliphatic rings. The minimum absolute atomic E-state index is 0.145. The lowest BCUT2D eigenvalue weighted by molar-refractivity contribution is -0.870. The topological polar surface area (TPSA) is 111 Å². The Morgan fingerprint density at radius 2 is 0.731 bits per heavy atom. The summed E-state index contributed by atoms with van der Waals surface area (Å²) in [7, 11) is 5.92. The zero-order chi connectivity index (χ0) is 56.9. The molecular weight excluding hydrogens is 971 g/mol. The number of ether oxygens (including phenoxy) is 4. The van der Waals surface area contributed by atoms with E-state index in [0.717, 1.165) is 70.6 Å². The first-order valence-electron chi connectivity index (χ1n) is 33.6. The Bertz CT molecular complexity index is 1370. The monoisotopic (exact) mass is 1100 g/mol. The van der Waals surface area contributed by atoms with E-state index >= 15 is 0 Å². The van der Waals surface area contributed by atoms with Gasteiger partial charge in [-0.25, -0.2) is 0 Å². The van der Waals surface area contributed by atoms with Gasteiger partial charge >= 0.3 is 11.9 Å². The van der Waals surface area contributed by atoms with Gasteiger partial charge in [-0.2, -0.15) is 0 Å². The fourth-order valence-corrected chi connectivity index (χ4v) is 10.0. The van der Waals surface area contributed by atoms with Gasteiger partial charge in [-0.05, 0) is 44.9 Å². The van der Waals surface area contributed by atoms with Gasteiger partial charge in [0.15, 0.2) is 12.4 Å². The van der Waals surface area contributed by atoms with Crippen molar-refractivity contribution in [2.24, 2.45) is 0 Å². The van der Waals surface area contributed by atoms with E-state index in [0.29, 0.717) is 23.9 Å². The van der Waals surface area contributed by atoms with Crippen LogP contribution in [0.4, 0.5) is 0 Å². The fraction of sp³-hybridized carbons (Fsp3) is 0.870. The van der Waals surface area contributed by atoms with Gasteiger partial charge in [0.2, 0.25) is 0 Å². The van der Waals surface area contributed by atoms with Crippen LogP contribution in [0.3, 0.4) is 0 Å². The molecule has 0 spiro atoms. The summed E-state index contributed by atoms with van der Waals surface area (Å²) in [5, 5.41) is 11.8. The summed E-state index contributed by atoms with van der Waals surface area (Å²) >= 11 is 0. The van der Waals surface area contributed by atoms with Crippen LogP contribution in [0, 0.1) is 0 Å². The minimum atomic E-state index is -1.62. The molecule has 9 heteroatoms. The number of quaternary nitrogens is 1. The molecule has 0 N–H and O–H groups in total. The zero-order valence-electron chi connectivity index (χ0n) is 52.3. The predicted molar refractivity (Wildman–Crippen MR) is 329 cm³/mol. The quantitative estimate of drug-likeness (QED) is 0.0195. The summed E-state index contributed by atoms with van der Waals surface area (Å²) in [5.74, 6) is -2.29. The molecule has 0 heterocycles. The lowest BCUT2D eigenvalue weighted by atomic mass is 10.0. The van der Waals surface area contributed by atoms with Crippen molar-refractivity contribution < 1.29 is 42.9 Å². The average Bonchev–Trinajstić information content (AvgIpc) is 3.41. The van der Waals surface area contributed by atoms with Crippen LogP contribution in [0.15, 0.2) is 36.5 Å². The van der Waals surface area contributed by atoms with Crippen LogP contribution in [-0.4, -0.2) is 82.3 Å². The highest BCUT2D eigenvalue weighted by atomic mass is 16.7. The van der Waals surface area contributed by atoms with E-state index in [-0.39, 0.29) is 32.2 Å². The summed E-state index contributed by atoms with van der Waals surface area (Å²) in [6.45, 7) is 4.66. The molecule has 0 aliphatic carbocycles. The number of unbranched alkanes of at least 4 members (excludes halogenated alkanes) is 42. The van der Waals surface area contributed by atoms with Crippen LogP contribution in [0.5, 0.6) is 0 Å². The SMILES string of the molecule is CC/C=C\C/C=C\C/C=C\CCCCCCCC(=O)OC(COC(=O)CCCCCCCCCCCCCCCCCCCCCCCCCCCCCCCCCCCCCCCC)COC(OCC[N+](C)(C)C)C(=O)[O-]. The van der Waals surface area contributed by atoms with Crippen molar-refractivity contribution in [3.8, 4) is 0 Å². The molecule has 0 bridgehead atoms. The third-order valence-corrected chi connectivity index (χ3v) is 15.2. The maximum Gasteiger partial charge on any atom is 0.306 e. The van der Waals surface area contributed by atoms with Gasteiger partial charge in [-0.15, -0.1) is 0 Å². The molecule has 0 fully saturated rings. The Balaban J connectivity index is 3.91. The van der Waals surface area contributed by atoms with Gasteiger partial charge in [0.1, 0.15) is 13.2 Å². The second-order valence-corrected chi connectivity index (χ2v) is 24.1. The van der Waals surface area contributed by atoms with E-state index < -0.39 is 24.3 Å². The maximum atomic E-state index is 12.8. The largest absolute Gasteiger partial charge is 0.545 e. The number of rotatable bonds is 63. The van der Waals surface area contributed by atoms with Crippen molar-refractivity contribution >= 4 is 17.9 Å². The Morgan fingerprint density at radius 3 is 1.09 bits per heavy atom. The second kappa shape index (κ2) is 60.6. The van der Waals surface area contributed by atoms with Crippen molar-refractivity contribution in [2.45, 2.75) is 341 Å². The molecule has 9 nitrogen and oxygen atoms in total. The molecule has 0 radical (unpaired) electrons. The van der Waals surface area contributed by atoms with Crippen LogP contribution in [-0.2, 0) is 33.3 Å². The van der Waals surface area contributed by atoms with E-state index in [1.54, 1.807) is 0 Å². The Hall–Kier alpha value is -2.49. The number of hydrogen-bond acceptors (Lipinski definition) is 8. The molecule has 0 amide bonds. The van der Waals surface area contributed by atoms with E-state index in [1.165, 1.54) is 225 Å². The number of carboxylic acids is 1.